The summed E-state index contributed by atoms with van der Waals surface area (Å²) in [4.78, 5) is 11.6. The van der Waals surface area contributed by atoms with Crippen molar-refractivity contribution in [3.8, 4) is 5.75 Å². The van der Waals surface area contributed by atoms with Crippen LogP contribution in [0.1, 0.15) is 41.8 Å². The molecule has 1 aromatic rings. The van der Waals surface area contributed by atoms with Gasteiger partial charge >= 0.3 is 0 Å². The van der Waals surface area contributed by atoms with Gasteiger partial charge in [0.2, 0.25) is 6.29 Å². The first kappa shape index (κ1) is 20.1. The molecule has 34 heavy (non-hydrogen) atoms. The van der Waals surface area contributed by atoms with Crippen LogP contribution < -0.4 is 4.74 Å². The maximum absolute atomic E-state index is 10.4. The Labute approximate surface area is 206 Å². The second kappa shape index (κ2) is 8.26. The van der Waals surface area contributed by atoms with Gasteiger partial charge in [-0.05, 0) is 67.9 Å². The first-order valence-electron chi connectivity index (χ1n) is 13.3. The van der Waals surface area contributed by atoms with Crippen molar-refractivity contribution >= 4 is 11.6 Å². The van der Waals surface area contributed by atoms with Gasteiger partial charge in [-0.1, -0.05) is 17.7 Å². The molecule has 10 heteroatoms. The number of methoxy groups -OCH3 is 1. The third-order valence-corrected chi connectivity index (χ3v) is 9.02. The molecule has 2 aliphatic heterocycles. The third kappa shape index (κ3) is 3.09. The van der Waals surface area contributed by atoms with Gasteiger partial charge in [0.05, 0.1) is 15.7 Å². The molecule has 3 unspecified atom stereocenters. The molecule has 0 amide bonds. The van der Waals surface area contributed by atoms with E-state index < -0.39 is 55.7 Å². The van der Waals surface area contributed by atoms with Gasteiger partial charge < -0.3 is 34.6 Å². The predicted octanol–water partition coefficient (Wildman–Crippen LogP) is 1.47. The zero-order valence-electron chi connectivity index (χ0n) is 21.4. The third-order valence-electron chi connectivity index (χ3n) is 8.71. The molecule has 4 N–H and O–H groups in total. The van der Waals surface area contributed by atoms with Gasteiger partial charge in [0.25, 0.3) is 5.79 Å². The molecule has 4 saturated carbocycles. The fraction of sp³-hybridized carbons (Fsp3) is 0.750. The topological polar surface area (TPSA) is 127 Å². The van der Waals surface area contributed by atoms with Crippen molar-refractivity contribution in [2.75, 3.05) is 13.6 Å². The van der Waals surface area contributed by atoms with Gasteiger partial charge in [-0.2, -0.15) is 4.89 Å². The summed E-state index contributed by atoms with van der Waals surface area (Å²) in [6.07, 6.45) is -2.66. The smallest absolute Gasteiger partial charge is 0.260 e. The van der Waals surface area contributed by atoms with Crippen molar-refractivity contribution in [2.45, 2.75) is 74.2 Å². The zero-order valence-corrected chi connectivity index (χ0v) is 19.1. The minimum Gasteiger partial charge on any atom is -0.460 e. The summed E-state index contributed by atoms with van der Waals surface area (Å²) in [6, 6.07) is 4.56. The molecule has 6 atom stereocenters. The lowest BCUT2D eigenvalue weighted by molar-refractivity contribution is -0.645. The van der Waals surface area contributed by atoms with E-state index in [1.807, 2.05) is 0 Å². The number of ether oxygens (including phenoxy) is 3. The van der Waals surface area contributed by atoms with Crippen molar-refractivity contribution in [1.29, 1.82) is 0 Å². The Morgan fingerprint density at radius 1 is 1.03 bits per heavy atom. The molecule has 2 saturated heterocycles. The van der Waals surface area contributed by atoms with Crippen molar-refractivity contribution in [3.63, 3.8) is 0 Å². The average molecular weight is 502 g/mol. The quantitative estimate of drug-likeness (QED) is 0.443. The fourth-order valence-electron chi connectivity index (χ4n) is 7.29. The maximum atomic E-state index is 10.4. The van der Waals surface area contributed by atoms with E-state index in [1.54, 1.807) is 6.07 Å². The van der Waals surface area contributed by atoms with E-state index in [9.17, 15) is 20.4 Å². The Morgan fingerprint density at radius 3 is 2.32 bits per heavy atom. The first-order chi connectivity index (χ1) is 17.5. The molecular weight excluding hydrogens is 468 g/mol. The number of benzene rings is 1. The summed E-state index contributed by atoms with van der Waals surface area (Å²) >= 11 is 6.39. The van der Waals surface area contributed by atoms with Gasteiger partial charge in [-0.15, -0.1) is 0 Å². The zero-order chi connectivity index (χ0) is 26.3. The molecule has 1 spiro atoms. The van der Waals surface area contributed by atoms with Gasteiger partial charge in [-0.25, -0.2) is 4.89 Å². The Hall–Kier alpha value is -1.01. The number of hydrogen-bond acceptors (Lipinski definition) is 9. The van der Waals surface area contributed by atoms with Crippen LogP contribution in [0.2, 0.25) is 5.02 Å². The lowest BCUT2D eigenvalue weighted by Crippen LogP contribution is -2.76. The van der Waals surface area contributed by atoms with Crippen LogP contribution in [-0.2, 0) is 25.0 Å². The highest BCUT2D eigenvalue weighted by Gasteiger charge is 2.76. The molecule has 9 nitrogen and oxygen atoms in total. The Bertz CT molecular complexity index is 1010. The van der Waals surface area contributed by atoms with Crippen LogP contribution in [0.3, 0.4) is 0 Å². The summed E-state index contributed by atoms with van der Waals surface area (Å²) < 4.78 is 40.8. The monoisotopic (exact) mass is 501 g/mol. The molecule has 2 heterocycles. The van der Waals surface area contributed by atoms with E-state index >= 15 is 0 Å². The van der Waals surface area contributed by atoms with Gasteiger partial charge in [0.1, 0.15) is 30.2 Å². The number of aliphatic hydroxyl groups is 4. The highest BCUT2D eigenvalue weighted by Crippen LogP contribution is 2.69. The molecule has 7 rings (SSSR count). The number of hydrogen-bond donors (Lipinski definition) is 4. The second-order valence-electron chi connectivity index (χ2n) is 10.4. The number of aliphatic hydroxyl groups excluding tert-OH is 4. The fourth-order valence-corrected chi connectivity index (χ4v) is 7.45. The minimum absolute atomic E-state index is 0.00600. The molecule has 6 aliphatic rings. The average Bonchev–Trinajstić information content (AvgIpc) is 2.82. The summed E-state index contributed by atoms with van der Waals surface area (Å²) in [6.45, 7) is -0.618. The van der Waals surface area contributed by atoms with Crippen molar-refractivity contribution in [1.82, 2.24) is 0 Å². The summed E-state index contributed by atoms with van der Waals surface area (Å²) in [5.41, 5.74) is -0.658. The summed E-state index contributed by atoms with van der Waals surface area (Å²) in [5, 5.41) is 40.2. The second-order valence-corrected chi connectivity index (χ2v) is 10.9. The van der Waals surface area contributed by atoms with Crippen LogP contribution in [-0.4, -0.2) is 70.4 Å². The number of halogens is 1. The first-order valence-corrected chi connectivity index (χ1v) is 12.2. The van der Waals surface area contributed by atoms with Gasteiger partial charge in [0, 0.05) is 12.6 Å². The van der Waals surface area contributed by atoms with Crippen molar-refractivity contribution in [2.24, 2.45) is 23.7 Å². The van der Waals surface area contributed by atoms with E-state index in [0.717, 1.165) is 25.7 Å². The Kier molecular flexibility index (Phi) is 4.88. The number of rotatable bonds is 5. The molecule has 4 bridgehead atoms. The van der Waals surface area contributed by atoms with E-state index in [-0.39, 0.29) is 22.6 Å². The highest BCUT2D eigenvalue weighted by atomic mass is 35.5. The van der Waals surface area contributed by atoms with Crippen LogP contribution in [0.25, 0.3) is 0 Å². The highest BCUT2D eigenvalue weighted by molar-refractivity contribution is 6.32. The van der Waals surface area contributed by atoms with Crippen LogP contribution in [0.5, 0.6) is 5.75 Å². The molecule has 0 aromatic heterocycles. The molecule has 6 fully saturated rings. The van der Waals surface area contributed by atoms with E-state index in [4.69, 9.17) is 39.7 Å². The van der Waals surface area contributed by atoms with Crippen molar-refractivity contribution in [3.05, 3.63) is 28.8 Å². The molecule has 0 radical (unpaired) electrons. The normalized spacial score (nSPS) is 51.0. The SMILES string of the molecule is [2H]C([2H])([2H])OC1(c2ccc(Cl)c(O[C@@H]3OC(CO)[C@@H](O)[C@H](O)C3O)c2)OOC12C1CC3CC(C1)CC2C3. The predicted molar refractivity (Wildman–Crippen MR) is 116 cm³/mol. The lowest BCUT2D eigenvalue weighted by atomic mass is 9.47. The van der Waals surface area contributed by atoms with Crippen LogP contribution in [0.15, 0.2) is 18.2 Å². The van der Waals surface area contributed by atoms with E-state index in [0.29, 0.717) is 17.4 Å². The Balaban J connectivity index is 1.37. The van der Waals surface area contributed by atoms with Crippen LogP contribution >= 0.6 is 11.6 Å². The summed E-state index contributed by atoms with van der Waals surface area (Å²) in [5.74, 6) is -0.447. The standard InChI is InChI=1S/C24H31ClO9/c1-30-24(23(33-34-24)14-5-11-4-12(7-14)8-15(23)6-11)13-2-3-16(25)17(9-13)31-22-21(29)20(28)19(27)18(10-26)32-22/h2-3,9,11-12,14-15,18-22,26-29H,4-8,10H2,1H3/t11?,12?,14?,15?,18?,19-,20+,21?,22-,23?,24?/m1/s1/i1D3. The minimum atomic E-state index is -2.80. The van der Waals surface area contributed by atoms with Crippen LogP contribution in [0.4, 0.5) is 0 Å². The lowest BCUT2D eigenvalue weighted by Gasteiger charge is -2.68. The maximum Gasteiger partial charge on any atom is 0.260 e. The largest absolute Gasteiger partial charge is 0.460 e. The molecule has 4 aliphatic carbocycles. The van der Waals surface area contributed by atoms with E-state index in [1.165, 1.54) is 18.6 Å². The van der Waals surface area contributed by atoms with Crippen LogP contribution in [0, 0.1) is 23.7 Å². The molecule has 188 valence electrons. The van der Waals surface area contributed by atoms with Gasteiger partial charge in [0.15, 0.2) is 5.60 Å². The van der Waals surface area contributed by atoms with Crippen molar-refractivity contribution < 1.29 is 48.5 Å². The molecule has 1 aromatic carbocycles. The van der Waals surface area contributed by atoms with Gasteiger partial charge in [-0.3, -0.25) is 0 Å². The Morgan fingerprint density at radius 2 is 1.74 bits per heavy atom. The van der Waals surface area contributed by atoms with E-state index in [2.05, 4.69) is 0 Å². The molecular formula is C24H31ClO9. The summed E-state index contributed by atoms with van der Waals surface area (Å²) in [7, 11) is -2.80.